The maximum atomic E-state index is 9.93. The van der Waals surface area contributed by atoms with E-state index in [0.29, 0.717) is 0 Å². The number of anilines is 1. The van der Waals surface area contributed by atoms with Crippen molar-refractivity contribution in [2.75, 3.05) is 5.06 Å². The predicted octanol–water partition coefficient (Wildman–Crippen LogP) is 4.09. The SMILES string of the molecule is C=Cc1ccc(N(O)C(C)(C)C)cc1Br. The van der Waals surface area contributed by atoms with Crippen LogP contribution in [0.4, 0.5) is 5.69 Å². The average molecular weight is 270 g/mol. The molecule has 1 N–H and O–H groups in total. The third-order valence-corrected chi connectivity index (χ3v) is 2.77. The zero-order valence-electron chi connectivity index (χ0n) is 9.29. The van der Waals surface area contributed by atoms with Crippen LogP contribution in [0.25, 0.3) is 6.08 Å². The number of hydrogen-bond donors (Lipinski definition) is 1. The van der Waals surface area contributed by atoms with Gasteiger partial charge < -0.3 is 0 Å². The molecule has 0 radical (unpaired) electrons. The lowest BCUT2D eigenvalue weighted by Gasteiger charge is -2.31. The van der Waals surface area contributed by atoms with Gasteiger partial charge in [0.1, 0.15) is 0 Å². The van der Waals surface area contributed by atoms with Gasteiger partial charge in [0.05, 0.1) is 11.2 Å². The summed E-state index contributed by atoms with van der Waals surface area (Å²) in [5.41, 5.74) is 1.47. The second-order valence-electron chi connectivity index (χ2n) is 4.39. The van der Waals surface area contributed by atoms with Gasteiger partial charge in [-0.1, -0.05) is 34.7 Å². The Kier molecular flexibility index (Phi) is 3.58. The van der Waals surface area contributed by atoms with Gasteiger partial charge in [0.15, 0.2) is 0 Å². The van der Waals surface area contributed by atoms with E-state index in [1.807, 2.05) is 39.0 Å². The molecule has 0 aromatic heterocycles. The Labute approximate surface area is 99.3 Å². The van der Waals surface area contributed by atoms with Crippen molar-refractivity contribution in [3.05, 3.63) is 34.8 Å². The van der Waals surface area contributed by atoms with E-state index in [-0.39, 0.29) is 5.54 Å². The van der Waals surface area contributed by atoms with Gasteiger partial charge in [-0.25, -0.2) is 0 Å². The molecule has 15 heavy (non-hydrogen) atoms. The van der Waals surface area contributed by atoms with E-state index < -0.39 is 0 Å². The molecule has 0 bridgehead atoms. The molecule has 2 nitrogen and oxygen atoms in total. The van der Waals surface area contributed by atoms with Gasteiger partial charge in [0.2, 0.25) is 0 Å². The Morgan fingerprint density at radius 1 is 1.40 bits per heavy atom. The highest BCUT2D eigenvalue weighted by molar-refractivity contribution is 9.10. The van der Waals surface area contributed by atoms with Crippen LogP contribution in [0.5, 0.6) is 0 Å². The van der Waals surface area contributed by atoms with E-state index in [4.69, 9.17) is 0 Å². The molecular formula is C12H16BrNO. The van der Waals surface area contributed by atoms with Crippen molar-refractivity contribution in [3.63, 3.8) is 0 Å². The Morgan fingerprint density at radius 2 is 2.00 bits per heavy atom. The molecule has 3 heteroatoms. The third kappa shape index (κ3) is 2.83. The maximum absolute atomic E-state index is 9.93. The van der Waals surface area contributed by atoms with E-state index in [1.54, 1.807) is 6.08 Å². The van der Waals surface area contributed by atoms with Crippen LogP contribution in [0.2, 0.25) is 0 Å². The van der Waals surface area contributed by atoms with Crippen LogP contribution in [0.15, 0.2) is 29.3 Å². The van der Waals surface area contributed by atoms with E-state index >= 15 is 0 Å². The van der Waals surface area contributed by atoms with E-state index in [9.17, 15) is 5.21 Å². The highest BCUT2D eigenvalue weighted by Crippen LogP contribution is 2.27. The summed E-state index contributed by atoms with van der Waals surface area (Å²) in [4.78, 5) is 0. The lowest BCUT2D eigenvalue weighted by Crippen LogP contribution is -2.38. The molecule has 0 aliphatic heterocycles. The lowest BCUT2D eigenvalue weighted by molar-refractivity contribution is 0.181. The molecule has 0 amide bonds. The van der Waals surface area contributed by atoms with Crippen molar-refractivity contribution >= 4 is 27.7 Å². The van der Waals surface area contributed by atoms with E-state index in [1.165, 1.54) is 5.06 Å². The minimum Gasteiger partial charge on any atom is -0.288 e. The lowest BCUT2D eigenvalue weighted by atomic mass is 10.1. The number of benzene rings is 1. The van der Waals surface area contributed by atoms with Crippen LogP contribution in [0.1, 0.15) is 26.3 Å². The van der Waals surface area contributed by atoms with Gasteiger partial charge in [0, 0.05) is 4.47 Å². The molecule has 0 saturated heterocycles. The van der Waals surface area contributed by atoms with Gasteiger partial charge in [-0.3, -0.25) is 10.3 Å². The number of halogens is 1. The summed E-state index contributed by atoms with van der Waals surface area (Å²) in [5.74, 6) is 0. The molecule has 1 aromatic carbocycles. The number of hydroxylamine groups is 1. The fraction of sp³-hybridized carbons (Fsp3) is 0.333. The molecule has 0 aliphatic carbocycles. The molecule has 1 rings (SSSR count). The van der Waals surface area contributed by atoms with Crippen LogP contribution in [0.3, 0.4) is 0 Å². The van der Waals surface area contributed by atoms with Crippen molar-refractivity contribution < 1.29 is 5.21 Å². The first-order chi connectivity index (χ1) is 6.86. The smallest absolute Gasteiger partial charge is 0.0652 e. The summed E-state index contributed by atoms with van der Waals surface area (Å²) in [6.07, 6.45) is 1.77. The zero-order valence-corrected chi connectivity index (χ0v) is 10.9. The predicted molar refractivity (Wildman–Crippen MR) is 68.3 cm³/mol. The zero-order chi connectivity index (χ0) is 11.6. The highest BCUT2D eigenvalue weighted by Gasteiger charge is 2.20. The summed E-state index contributed by atoms with van der Waals surface area (Å²) in [5, 5.41) is 11.2. The van der Waals surface area contributed by atoms with Gasteiger partial charge in [-0.05, 0) is 38.5 Å². The standard InChI is InChI=1S/C12H16BrNO/c1-5-9-6-7-10(8-11(9)13)14(15)12(2,3)4/h5-8,15H,1H2,2-4H3. The van der Waals surface area contributed by atoms with Crippen LogP contribution in [-0.2, 0) is 0 Å². The first-order valence-electron chi connectivity index (χ1n) is 4.77. The molecule has 1 aromatic rings. The fourth-order valence-corrected chi connectivity index (χ4v) is 1.73. The highest BCUT2D eigenvalue weighted by atomic mass is 79.9. The second-order valence-corrected chi connectivity index (χ2v) is 5.25. The third-order valence-electron chi connectivity index (χ3n) is 2.08. The molecule has 0 spiro atoms. The Morgan fingerprint density at radius 3 is 2.40 bits per heavy atom. The van der Waals surface area contributed by atoms with Crippen molar-refractivity contribution in [3.8, 4) is 0 Å². The van der Waals surface area contributed by atoms with Crippen molar-refractivity contribution in [1.82, 2.24) is 0 Å². The summed E-state index contributed by atoms with van der Waals surface area (Å²) < 4.78 is 0.929. The van der Waals surface area contributed by atoms with Crippen LogP contribution >= 0.6 is 15.9 Å². The molecule has 0 heterocycles. The topological polar surface area (TPSA) is 23.5 Å². The van der Waals surface area contributed by atoms with Gasteiger partial charge in [-0.2, -0.15) is 0 Å². The molecule has 82 valence electrons. The van der Waals surface area contributed by atoms with Crippen LogP contribution in [0, 0.1) is 0 Å². The number of rotatable bonds is 2. The minimum atomic E-state index is -0.310. The first kappa shape index (κ1) is 12.3. The Hall–Kier alpha value is -0.800. The fourth-order valence-electron chi connectivity index (χ4n) is 1.20. The summed E-state index contributed by atoms with van der Waals surface area (Å²) in [6.45, 7) is 9.55. The van der Waals surface area contributed by atoms with Gasteiger partial charge >= 0.3 is 0 Å². The van der Waals surface area contributed by atoms with Crippen molar-refractivity contribution in [2.45, 2.75) is 26.3 Å². The summed E-state index contributed by atoms with van der Waals surface area (Å²) in [6, 6.07) is 5.66. The number of hydrogen-bond acceptors (Lipinski definition) is 2. The molecule has 0 aliphatic rings. The van der Waals surface area contributed by atoms with Crippen molar-refractivity contribution in [1.29, 1.82) is 0 Å². The summed E-state index contributed by atoms with van der Waals surface area (Å²) in [7, 11) is 0. The van der Waals surface area contributed by atoms with Crippen LogP contribution in [-0.4, -0.2) is 10.7 Å². The Balaban J connectivity index is 3.08. The molecule has 0 atom stereocenters. The monoisotopic (exact) mass is 269 g/mol. The van der Waals surface area contributed by atoms with E-state index in [0.717, 1.165) is 15.7 Å². The Bertz CT molecular complexity index is 368. The first-order valence-corrected chi connectivity index (χ1v) is 5.56. The van der Waals surface area contributed by atoms with Gasteiger partial charge in [0.25, 0.3) is 0 Å². The second kappa shape index (κ2) is 4.37. The molecule has 0 fully saturated rings. The largest absolute Gasteiger partial charge is 0.288 e. The maximum Gasteiger partial charge on any atom is 0.0652 e. The molecule has 0 saturated carbocycles. The molecular weight excluding hydrogens is 254 g/mol. The van der Waals surface area contributed by atoms with Crippen LogP contribution < -0.4 is 5.06 Å². The normalized spacial score (nSPS) is 11.3. The minimum absolute atomic E-state index is 0.310. The van der Waals surface area contributed by atoms with Gasteiger partial charge in [-0.15, -0.1) is 0 Å². The summed E-state index contributed by atoms with van der Waals surface area (Å²) >= 11 is 3.43. The quantitative estimate of drug-likeness (QED) is 0.818. The van der Waals surface area contributed by atoms with E-state index in [2.05, 4.69) is 22.5 Å². The van der Waals surface area contributed by atoms with Crippen molar-refractivity contribution in [2.24, 2.45) is 0 Å². The number of nitrogens with zero attached hydrogens (tertiary/aromatic N) is 1. The average Bonchev–Trinajstić information content (AvgIpc) is 2.15. The molecule has 0 unspecified atom stereocenters.